The van der Waals surface area contributed by atoms with Gasteiger partial charge in [0.25, 0.3) is 0 Å². The Morgan fingerprint density at radius 2 is 1.80 bits per heavy atom. The molecule has 0 aromatic carbocycles. The Bertz CT molecular complexity index is 260. The molecule has 0 spiro atoms. The summed E-state index contributed by atoms with van der Waals surface area (Å²) in [5.74, 6) is -5.41. The number of rotatable bonds is 5. The van der Waals surface area contributed by atoms with Crippen molar-refractivity contribution in [1.82, 2.24) is 0 Å². The molecule has 0 bridgehead atoms. The molecule has 0 aliphatic rings. The van der Waals surface area contributed by atoms with Gasteiger partial charge in [-0.1, -0.05) is 0 Å². The van der Waals surface area contributed by atoms with Gasteiger partial charge in [0.2, 0.25) is 0 Å². The van der Waals surface area contributed by atoms with Crippen molar-refractivity contribution < 1.29 is 34.1 Å². The van der Waals surface area contributed by atoms with Crippen LogP contribution in [0.4, 0.5) is 0 Å². The molecule has 0 heterocycles. The number of hydrogen-bond donors (Lipinski definition) is 1. The number of aliphatic hydroxyl groups is 1. The molecule has 0 aliphatic carbocycles. The van der Waals surface area contributed by atoms with Crippen LogP contribution in [-0.4, -0.2) is 43.3 Å². The Kier molecular flexibility index (Phi) is 5.32. The highest BCUT2D eigenvalue weighted by Crippen LogP contribution is 2.10. The fraction of sp³-hybridized carbons (Fsp3) is 0.625. The molecule has 0 aromatic heterocycles. The SMILES string of the molecule is COC(=O)CC(C(=O)[O-])C(O)C(=O)OC. The van der Waals surface area contributed by atoms with E-state index in [1.807, 2.05) is 0 Å². The van der Waals surface area contributed by atoms with Crippen molar-refractivity contribution in [1.29, 1.82) is 0 Å². The van der Waals surface area contributed by atoms with Crippen LogP contribution in [0.15, 0.2) is 0 Å². The van der Waals surface area contributed by atoms with E-state index in [0.29, 0.717) is 0 Å². The Morgan fingerprint density at radius 3 is 2.13 bits per heavy atom. The Hall–Kier alpha value is -1.63. The number of carbonyl (C=O) groups excluding carboxylic acids is 3. The molecule has 0 rings (SSSR count). The van der Waals surface area contributed by atoms with Gasteiger partial charge in [0.15, 0.2) is 6.10 Å². The average molecular weight is 219 g/mol. The first-order valence-electron chi connectivity index (χ1n) is 3.97. The zero-order valence-electron chi connectivity index (χ0n) is 8.26. The van der Waals surface area contributed by atoms with Crippen LogP contribution in [0, 0.1) is 5.92 Å². The molecule has 0 saturated heterocycles. The van der Waals surface area contributed by atoms with Gasteiger partial charge in [-0.2, -0.15) is 0 Å². The number of esters is 2. The molecule has 15 heavy (non-hydrogen) atoms. The molecule has 1 N–H and O–H groups in total. The monoisotopic (exact) mass is 219 g/mol. The van der Waals surface area contributed by atoms with Gasteiger partial charge in [-0.05, 0) is 0 Å². The minimum absolute atomic E-state index is 0.658. The molecule has 7 heteroatoms. The van der Waals surface area contributed by atoms with Crippen LogP contribution in [0.5, 0.6) is 0 Å². The van der Waals surface area contributed by atoms with Crippen molar-refractivity contribution in [2.24, 2.45) is 5.92 Å². The quantitative estimate of drug-likeness (QED) is 0.506. The van der Waals surface area contributed by atoms with E-state index in [1.54, 1.807) is 0 Å². The van der Waals surface area contributed by atoms with Gasteiger partial charge in [-0.15, -0.1) is 0 Å². The van der Waals surface area contributed by atoms with Crippen molar-refractivity contribution in [3.05, 3.63) is 0 Å². The van der Waals surface area contributed by atoms with Crippen LogP contribution in [0.3, 0.4) is 0 Å². The summed E-state index contributed by atoms with van der Waals surface area (Å²) in [6.07, 6.45) is -2.60. The molecule has 0 radical (unpaired) electrons. The minimum Gasteiger partial charge on any atom is -0.550 e. The van der Waals surface area contributed by atoms with Crippen molar-refractivity contribution in [2.45, 2.75) is 12.5 Å². The van der Waals surface area contributed by atoms with E-state index in [0.717, 1.165) is 14.2 Å². The number of hydrogen-bond acceptors (Lipinski definition) is 7. The molecule has 0 aromatic rings. The fourth-order valence-corrected chi connectivity index (χ4v) is 0.872. The maximum atomic E-state index is 10.8. The highest BCUT2D eigenvalue weighted by atomic mass is 16.5. The summed E-state index contributed by atoms with van der Waals surface area (Å²) in [7, 11) is 2.04. The van der Waals surface area contributed by atoms with Gasteiger partial charge < -0.3 is 24.5 Å². The van der Waals surface area contributed by atoms with Gasteiger partial charge in [-0.3, -0.25) is 4.79 Å². The van der Waals surface area contributed by atoms with Crippen LogP contribution in [0.2, 0.25) is 0 Å². The summed E-state index contributed by atoms with van der Waals surface area (Å²) < 4.78 is 8.33. The third-order valence-electron chi connectivity index (χ3n) is 1.74. The number of aliphatic carboxylic acids is 1. The zero-order chi connectivity index (χ0) is 12.0. The van der Waals surface area contributed by atoms with Crippen molar-refractivity contribution in [2.75, 3.05) is 14.2 Å². The van der Waals surface area contributed by atoms with Crippen LogP contribution < -0.4 is 5.11 Å². The second-order valence-corrected chi connectivity index (χ2v) is 2.67. The second-order valence-electron chi connectivity index (χ2n) is 2.67. The lowest BCUT2D eigenvalue weighted by Gasteiger charge is -2.20. The molecular formula is C8H11O7-. The predicted octanol–water partition coefficient (Wildman–Crippen LogP) is -2.55. The molecule has 2 atom stereocenters. The molecule has 0 fully saturated rings. The van der Waals surface area contributed by atoms with E-state index >= 15 is 0 Å². The van der Waals surface area contributed by atoms with E-state index in [1.165, 1.54) is 0 Å². The van der Waals surface area contributed by atoms with Crippen LogP contribution in [0.25, 0.3) is 0 Å². The van der Waals surface area contributed by atoms with Crippen LogP contribution in [-0.2, 0) is 23.9 Å². The maximum Gasteiger partial charge on any atom is 0.335 e. The standard InChI is InChI=1S/C8H12O7/c1-14-5(9)3-4(7(11)12)6(10)8(13)15-2/h4,6,10H,3H2,1-2H3,(H,11,12)/p-1. The molecular weight excluding hydrogens is 208 g/mol. The molecule has 0 aliphatic heterocycles. The number of carboxylic acids is 1. The van der Waals surface area contributed by atoms with Gasteiger partial charge in [0.1, 0.15) is 0 Å². The first kappa shape index (κ1) is 13.4. The van der Waals surface area contributed by atoms with Crippen molar-refractivity contribution in [3.63, 3.8) is 0 Å². The summed E-state index contributed by atoms with van der Waals surface area (Å²) >= 11 is 0. The summed E-state index contributed by atoms with van der Waals surface area (Å²) in [4.78, 5) is 32.1. The molecule has 0 amide bonds. The van der Waals surface area contributed by atoms with Gasteiger partial charge in [-0.25, -0.2) is 4.79 Å². The summed E-state index contributed by atoms with van der Waals surface area (Å²) in [6.45, 7) is 0. The lowest BCUT2D eigenvalue weighted by molar-refractivity contribution is -0.314. The normalized spacial score (nSPS) is 13.8. The fourth-order valence-electron chi connectivity index (χ4n) is 0.872. The largest absolute Gasteiger partial charge is 0.550 e. The molecule has 0 saturated carbocycles. The Balaban J connectivity index is 4.59. The summed E-state index contributed by atoms with van der Waals surface area (Å²) in [6, 6.07) is 0. The third kappa shape index (κ3) is 3.94. The summed E-state index contributed by atoms with van der Waals surface area (Å²) in [5, 5.41) is 19.7. The van der Waals surface area contributed by atoms with Crippen LogP contribution in [0.1, 0.15) is 6.42 Å². The van der Waals surface area contributed by atoms with E-state index < -0.39 is 36.4 Å². The van der Waals surface area contributed by atoms with E-state index in [-0.39, 0.29) is 0 Å². The Morgan fingerprint density at radius 1 is 1.27 bits per heavy atom. The third-order valence-corrected chi connectivity index (χ3v) is 1.74. The molecule has 7 nitrogen and oxygen atoms in total. The molecule has 2 unspecified atom stereocenters. The lowest BCUT2D eigenvalue weighted by atomic mass is 9.99. The van der Waals surface area contributed by atoms with Crippen molar-refractivity contribution in [3.8, 4) is 0 Å². The smallest absolute Gasteiger partial charge is 0.335 e. The van der Waals surface area contributed by atoms with E-state index in [2.05, 4.69) is 9.47 Å². The zero-order valence-corrected chi connectivity index (χ0v) is 8.26. The number of carboxylic acid groups (broad SMARTS) is 1. The van der Waals surface area contributed by atoms with Gasteiger partial charge in [0.05, 0.1) is 20.6 Å². The highest BCUT2D eigenvalue weighted by molar-refractivity contribution is 5.85. The van der Waals surface area contributed by atoms with Crippen molar-refractivity contribution >= 4 is 17.9 Å². The lowest BCUT2D eigenvalue weighted by Crippen LogP contribution is -2.44. The molecule has 86 valence electrons. The maximum absolute atomic E-state index is 10.8. The van der Waals surface area contributed by atoms with E-state index in [9.17, 15) is 24.6 Å². The first-order chi connectivity index (χ1) is 6.93. The van der Waals surface area contributed by atoms with Gasteiger partial charge in [0, 0.05) is 11.9 Å². The first-order valence-corrected chi connectivity index (χ1v) is 3.97. The minimum atomic E-state index is -1.95. The van der Waals surface area contributed by atoms with E-state index in [4.69, 9.17) is 0 Å². The highest BCUT2D eigenvalue weighted by Gasteiger charge is 2.30. The number of ether oxygens (including phenoxy) is 2. The number of carbonyl (C=O) groups is 3. The van der Waals surface area contributed by atoms with Gasteiger partial charge >= 0.3 is 11.9 Å². The second kappa shape index (κ2) is 5.97. The number of aliphatic hydroxyl groups excluding tert-OH is 1. The Labute approximate surface area is 85.6 Å². The van der Waals surface area contributed by atoms with Crippen LogP contribution >= 0.6 is 0 Å². The number of methoxy groups -OCH3 is 2. The topological polar surface area (TPSA) is 113 Å². The summed E-state index contributed by atoms with van der Waals surface area (Å²) in [5.41, 5.74) is 0. The average Bonchev–Trinajstić information content (AvgIpc) is 2.22. The predicted molar refractivity (Wildman–Crippen MR) is 43.2 cm³/mol.